The number of hydrogen-bond donors (Lipinski definition) is 1. The fourth-order valence-electron chi connectivity index (χ4n) is 2.87. The SMILES string of the molecule is COc1ccc(S(=O)(=O)N2CC(c3nc4ccccc4[nH]3)C2)cc1. The Hall–Kier alpha value is -2.38. The molecular formula is C17H17N3O3S. The van der Waals surface area contributed by atoms with Crippen LogP contribution in [0.1, 0.15) is 11.7 Å². The van der Waals surface area contributed by atoms with Crippen LogP contribution < -0.4 is 4.74 Å². The smallest absolute Gasteiger partial charge is 0.243 e. The molecule has 1 fully saturated rings. The lowest BCUT2D eigenvalue weighted by Gasteiger charge is -2.36. The number of aromatic nitrogens is 2. The Bertz CT molecular complexity index is 941. The molecule has 2 heterocycles. The molecule has 0 saturated carbocycles. The molecule has 1 saturated heterocycles. The van der Waals surface area contributed by atoms with Crippen molar-refractivity contribution in [3.8, 4) is 5.75 Å². The summed E-state index contributed by atoms with van der Waals surface area (Å²) in [4.78, 5) is 8.11. The van der Waals surface area contributed by atoms with Gasteiger partial charge in [0.2, 0.25) is 10.0 Å². The minimum Gasteiger partial charge on any atom is -0.497 e. The van der Waals surface area contributed by atoms with E-state index in [2.05, 4.69) is 9.97 Å². The zero-order valence-electron chi connectivity index (χ0n) is 13.1. The Morgan fingerprint density at radius 2 is 1.83 bits per heavy atom. The second-order valence-corrected chi connectivity index (χ2v) is 7.77. The second kappa shape index (κ2) is 5.61. The van der Waals surface area contributed by atoms with Gasteiger partial charge in [0.05, 0.1) is 23.0 Å². The van der Waals surface area contributed by atoms with Gasteiger partial charge in [0, 0.05) is 19.0 Å². The maximum atomic E-state index is 12.6. The predicted octanol–water partition coefficient (Wildman–Crippen LogP) is 2.36. The Morgan fingerprint density at radius 1 is 1.12 bits per heavy atom. The van der Waals surface area contributed by atoms with Gasteiger partial charge in [-0.3, -0.25) is 0 Å². The number of nitrogens with one attached hydrogen (secondary N) is 1. The summed E-state index contributed by atoms with van der Waals surface area (Å²) >= 11 is 0. The normalized spacial score (nSPS) is 16.2. The molecule has 3 aromatic rings. The molecule has 1 aliphatic heterocycles. The van der Waals surface area contributed by atoms with Gasteiger partial charge in [0.15, 0.2) is 0 Å². The number of benzene rings is 2. The van der Waals surface area contributed by atoms with E-state index in [0.29, 0.717) is 18.8 Å². The third kappa shape index (κ3) is 2.46. The van der Waals surface area contributed by atoms with Crippen LogP contribution in [-0.4, -0.2) is 42.9 Å². The molecule has 6 nitrogen and oxygen atoms in total. The minimum atomic E-state index is -3.46. The molecule has 0 atom stereocenters. The highest BCUT2D eigenvalue weighted by molar-refractivity contribution is 7.89. The number of para-hydroxylation sites is 2. The minimum absolute atomic E-state index is 0.102. The number of nitrogens with zero attached hydrogens (tertiary/aromatic N) is 2. The van der Waals surface area contributed by atoms with Crippen LogP contribution in [0.3, 0.4) is 0 Å². The number of methoxy groups -OCH3 is 1. The van der Waals surface area contributed by atoms with E-state index >= 15 is 0 Å². The molecule has 0 radical (unpaired) electrons. The van der Waals surface area contributed by atoms with E-state index in [4.69, 9.17) is 4.74 Å². The van der Waals surface area contributed by atoms with Gasteiger partial charge in [-0.25, -0.2) is 13.4 Å². The number of H-pyrrole nitrogens is 1. The van der Waals surface area contributed by atoms with Crippen molar-refractivity contribution in [3.05, 3.63) is 54.4 Å². The Balaban J connectivity index is 1.51. The first kappa shape index (κ1) is 15.2. The Morgan fingerprint density at radius 3 is 2.50 bits per heavy atom. The van der Waals surface area contributed by atoms with Crippen molar-refractivity contribution < 1.29 is 13.2 Å². The molecule has 24 heavy (non-hydrogen) atoms. The standard InChI is InChI=1S/C17H17N3O3S/c1-23-13-6-8-14(9-7-13)24(21,22)20-10-12(11-20)17-18-15-4-2-3-5-16(15)19-17/h2-9,12H,10-11H2,1H3,(H,18,19). The quantitative estimate of drug-likeness (QED) is 0.789. The van der Waals surface area contributed by atoms with Crippen LogP contribution in [0.4, 0.5) is 0 Å². The summed E-state index contributed by atoms with van der Waals surface area (Å²) in [6, 6.07) is 14.3. The first-order valence-corrected chi connectivity index (χ1v) is 9.11. The first-order chi connectivity index (χ1) is 11.6. The molecule has 124 valence electrons. The number of ether oxygens (including phenoxy) is 1. The number of imidazole rings is 1. The van der Waals surface area contributed by atoms with Crippen molar-refractivity contribution in [2.24, 2.45) is 0 Å². The van der Waals surface area contributed by atoms with Crippen molar-refractivity contribution in [3.63, 3.8) is 0 Å². The number of sulfonamides is 1. The summed E-state index contributed by atoms with van der Waals surface area (Å²) in [5, 5.41) is 0. The summed E-state index contributed by atoms with van der Waals surface area (Å²) in [6.07, 6.45) is 0. The summed E-state index contributed by atoms with van der Waals surface area (Å²) in [6.45, 7) is 0.877. The monoisotopic (exact) mass is 343 g/mol. The summed E-state index contributed by atoms with van der Waals surface area (Å²) in [5.41, 5.74) is 1.88. The van der Waals surface area contributed by atoms with E-state index in [9.17, 15) is 8.42 Å². The lowest BCUT2D eigenvalue weighted by atomic mass is 10.0. The Labute approximate surface area is 140 Å². The molecule has 2 aromatic carbocycles. The molecule has 1 aromatic heterocycles. The van der Waals surface area contributed by atoms with Crippen LogP contribution in [0.25, 0.3) is 11.0 Å². The highest BCUT2D eigenvalue weighted by Gasteiger charge is 2.38. The van der Waals surface area contributed by atoms with E-state index in [0.717, 1.165) is 16.9 Å². The van der Waals surface area contributed by atoms with Crippen LogP contribution in [0.5, 0.6) is 5.75 Å². The van der Waals surface area contributed by atoms with E-state index in [1.165, 1.54) is 4.31 Å². The number of hydrogen-bond acceptors (Lipinski definition) is 4. The van der Waals surface area contributed by atoms with Gasteiger partial charge in [-0.15, -0.1) is 0 Å². The lowest BCUT2D eigenvalue weighted by molar-refractivity contribution is 0.257. The maximum absolute atomic E-state index is 12.6. The van der Waals surface area contributed by atoms with Crippen molar-refractivity contribution in [1.29, 1.82) is 0 Å². The number of fused-ring (bicyclic) bond motifs is 1. The second-order valence-electron chi connectivity index (χ2n) is 5.83. The van der Waals surface area contributed by atoms with Gasteiger partial charge >= 0.3 is 0 Å². The predicted molar refractivity (Wildman–Crippen MR) is 90.6 cm³/mol. The topological polar surface area (TPSA) is 75.3 Å². The molecule has 0 spiro atoms. The molecular weight excluding hydrogens is 326 g/mol. The van der Waals surface area contributed by atoms with Gasteiger partial charge in [-0.2, -0.15) is 4.31 Å². The third-order valence-corrected chi connectivity index (χ3v) is 6.19. The van der Waals surface area contributed by atoms with Crippen LogP contribution >= 0.6 is 0 Å². The summed E-state index contributed by atoms with van der Waals surface area (Å²) < 4.78 is 31.8. The van der Waals surface area contributed by atoms with Gasteiger partial charge in [-0.1, -0.05) is 12.1 Å². The largest absolute Gasteiger partial charge is 0.497 e. The molecule has 0 unspecified atom stereocenters. The van der Waals surface area contributed by atoms with Crippen molar-refractivity contribution >= 4 is 21.1 Å². The van der Waals surface area contributed by atoms with Crippen molar-refractivity contribution in [1.82, 2.24) is 14.3 Å². The zero-order chi connectivity index (χ0) is 16.7. The fraction of sp³-hybridized carbons (Fsp3) is 0.235. The van der Waals surface area contributed by atoms with Crippen LogP contribution in [0.15, 0.2) is 53.4 Å². The highest BCUT2D eigenvalue weighted by atomic mass is 32.2. The number of rotatable bonds is 4. The highest BCUT2D eigenvalue weighted by Crippen LogP contribution is 2.32. The van der Waals surface area contributed by atoms with Gasteiger partial charge in [0.25, 0.3) is 0 Å². The van der Waals surface area contributed by atoms with Crippen LogP contribution in [0, 0.1) is 0 Å². The maximum Gasteiger partial charge on any atom is 0.243 e. The van der Waals surface area contributed by atoms with Crippen LogP contribution in [-0.2, 0) is 10.0 Å². The van der Waals surface area contributed by atoms with Crippen molar-refractivity contribution in [2.75, 3.05) is 20.2 Å². The molecule has 1 N–H and O–H groups in total. The number of aromatic amines is 1. The molecule has 7 heteroatoms. The van der Waals surface area contributed by atoms with Gasteiger partial charge in [-0.05, 0) is 36.4 Å². The van der Waals surface area contributed by atoms with E-state index in [1.54, 1.807) is 31.4 Å². The summed E-state index contributed by atoms with van der Waals surface area (Å²) in [5.74, 6) is 1.58. The molecule has 0 amide bonds. The molecule has 1 aliphatic rings. The Kier molecular flexibility index (Phi) is 3.54. The van der Waals surface area contributed by atoms with E-state index < -0.39 is 10.0 Å². The van der Waals surface area contributed by atoms with Crippen LogP contribution in [0.2, 0.25) is 0 Å². The summed E-state index contributed by atoms with van der Waals surface area (Å²) in [7, 11) is -1.91. The fourth-order valence-corrected chi connectivity index (χ4v) is 4.40. The van der Waals surface area contributed by atoms with Crippen molar-refractivity contribution in [2.45, 2.75) is 10.8 Å². The van der Waals surface area contributed by atoms with E-state index in [-0.39, 0.29) is 10.8 Å². The zero-order valence-corrected chi connectivity index (χ0v) is 14.0. The van der Waals surface area contributed by atoms with Gasteiger partial charge < -0.3 is 9.72 Å². The first-order valence-electron chi connectivity index (χ1n) is 7.67. The average Bonchev–Trinajstić information content (AvgIpc) is 2.96. The third-order valence-electron chi connectivity index (χ3n) is 4.34. The molecule has 4 rings (SSSR count). The average molecular weight is 343 g/mol. The molecule has 0 bridgehead atoms. The lowest BCUT2D eigenvalue weighted by Crippen LogP contribution is -2.48. The molecule has 0 aliphatic carbocycles. The van der Waals surface area contributed by atoms with E-state index in [1.807, 2.05) is 24.3 Å². The van der Waals surface area contributed by atoms with Gasteiger partial charge in [0.1, 0.15) is 11.6 Å².